The van der Waals surface area contributed by atoms with E-state index in [1.165, 1.54) is 12.1 Å². The van der Waals surface area contributed by atoms with Crippen LogP contribution in [0.1, 0.15) is 31.9 Å². The zero-order valence-corrected chi connectivity index (χ0v) is 13.6. The minimum atomic E-state index is -0.304. The molecule has 2 N–H and O–H groups in total. The highest BCUT2D eigenvalue weighted by Crippen LogP contribution is 2.31. The van der Waals surface area contributed by atoms with Gasteiger partial charge >= 0.3 is 0 Å². The standard InChI is InChI=1S/C16H25ClFN3/c1-3-20(4-2)13-7-8-21(11-13)16(10-19)14-6-5-12(18)9-15(14)17/h5-6,9,13,16H,3-4,7-8,10-11,19H2,1-2H3. The van der Waals surface area contributed by atoms with Gasteiger partial charge in [0, 0.05) is 36.7 Å². The Morgan fingerprint density at radius 2 is 2.14 bits per heavy atom. The Balaban J connectivity index is 2.12. The molecule has 1 aromatic rings. The normalized spacial score (nSPS) is 21.1. The highest BCUT2D eigenvalue weighted by atomic mass is 35.5. The first kappa shape index (κ1) is 16.7. The van der Waals surface area contributed by atoms with Gasteiger partial charge in [-0.3, -0.25) is 9.80 Å². The maximum Gasteiger partial charge on any atom is 0.124 e. The van der Waals surface area contributed by atoms with Crippen LogP contribution in [0, 0.1) is 5.82 Å². The van der Waals surface area contributed by atoms with E-state index in [0.717, 1.165) is 38.2 Å². The summed E-state index contributed by atoms with van der Waals surface area (Å²) < 4.78 is 13.2. The van der Waals surface area contributed by atoms with Gasteiger partial charge in [-0.05, 0) is 37.2 Å². The van der Waals surface area contributed by atoms with Crippen molar-refractivity contribution in [1.29, 1.82) is 0 Å². The third-order valence-corrected chi connectivity index (χ3v) is 4.84. The van der Waals surface area contributed by atoms with Crippen LogP contribution in [0.15, 0.2) is 18.2 Å². The molecule has 0 spiro atoms. The van der Waals surface area contributed by atoms with E-state index < -0.39 is 0 Å². The van der Waals surface area contributed by atoms with Gasteiger partial charge in [-0.15, -0.1) is 0 Å². The number of benzene rings is 1. The van der Waals surface area contributed by atoms with E-state index in [1.54, 1.807) is 6.07 Å². The molecule has 0 radical (unpaired) electrons. The monoisotopic (exact) mass is 313 g/mol. The van der Waals surface area contributed by atoms with Gasteiger partial charge in [-0.2, -0.15) is 0 Å². The Morgan fingerprint density at radius 1 is 1.43 bits per heavy atom. The van der Waals surface area contributed by atoms with Crippen LogP contribution in [0.2, 0.25) is 5.02 Å². The lowest BCUT2D eigenvalue weighted by Crippen LogP contribution is -2.39. The van der Waals surface area contributed by atoms with Gasteiger partial charge in [0.15, 0.2) is 0 Å². The second-order valence-corrected chi connectivity index (χ2v) is 5.98. The van der Waals surface area contributed by atoms with Crippen molar-refractivity contribution in [2.75, 3.05) is 32.7 Å². The van der Waals surface area contributed by atoms with Crippen molar-refractivity contribution in [1.82, 2.24) is 9.80 Å². The summed E-state index contributed by atoms with van der Waals surface area (Å²) in [5.41, 5.74) is 6.90. The zero-order chi connectivity index (χ0) is 15.4. The number of halogens is 2. The molecule has 118 valence electrons. The van der Waals surface area contributed by atoms with Crippen molar-refractivity contribution < 1.29 is 4.39 Å². The van der Waals surface area contributed by atoms with Crippen LogP contribution in [0.25, 0.3) is 0 Å². The molecule has 1 aliphatic rings. The molecule has 0 saturated carbocycles. The van der Waals surface area contributed by atoms with E-state index in [2.05, 4.69) is 23.6 Å². The van der Waals surface area contributed by atoms with E-state index in [9.17, 15) is 4.39 Å². The molecule has 3 nitrogen and oxygen atoms in total. The van der Waals surface area contributed by atoms with Crippen molar-refractivity contribution >= 4 is 11.6 Å². The molecular formula is C16H25ClFN3. The molecule has 2 atom stereocenters. The molecule has 1 fully saturated rings. The molecule has 2 unspecified atom stereocenters. The fraction of sp³-hybridized carbons (Fsp3) is 0.625. The van der Waals surface area contributed by atoms with E-state index in [0.29, 0.717) is 17.6 Å². The highest BCUT2D eigenvalue weighted by molar-refractivity contribution is 6.31. The van der Waals surface area contributed by atoms with Crippen molar-refractivity contribution in [3.8, 4) is 0 Å². The number of nitrogens with zero attached hydrogens (tertiary/aromatic N) is 2. The van der Waals surface area contributed by atoms with Crippen molar-refractivity contribution in [3.05, 3.63) is 34.6 Å². The maximum atomic E-state index is 13.2. The molecule has 1 aliphatic heterocycles. The minimum absolute atomic E-state index is 0.0682. The lowest BCUT2D eigenvalue weighted by Gasteiger charge is -2.30. The quantitative estimate of drug-likeness (QED) is 0.876. The summed E-state index contributed by atoms with van der Waals surface area (Å²) in [6, 6.07) is 5.24. The van der Waals surface area contributed by atoms with Gasteiger partial charge in [-0.1, -0.05) is 31.5 Å². The SMILES string of the molecule is CCN(CC)C1CCN(C(CN)c2ccc(F)cc2Cl)C1. The van der Waals surface area contributed by atoms with Gasteiger partial charge < -0.3 is 5.73 Å². The summed E-state index contributed by atoms with van der Waals surface area (Å²) in [4.78, 5) is 4.86. The fourth-order valence-electron chi connectivity index (χ4n) is 3.33. The molecule has 21 heavy (non-hydrogen) atoms. The average molecular weight is 314 g/mol. The molecule has 1 aromatic carbocycles. The summed E-state index contributed by atoms with van der Waals surface area (Å²) >= 11 is 6.20. The van der Waals surface area contributed by atoms with Crippen LogP contribution >= 0.6 is 11.6 Å². The summed E-state index contributed by atoms with van der Waals surface area (Å²) in [5.74, 6) is -0.304. The van der Waals surface area contributed by atoms with Crippen molar-refractivity contribution in [3.63, 3.8) is 0 Å². The molecule has 5 heteroatoms. The van der Waals surface area contributed by atoms with Crippen LogP contribution in [0.5, 0.6) is 0 Å². The van der Waals surface area contributed by atoms with Crippen LogP contribution in [-0.2, 0) is 0 Å². The molecule has 1 heterocycles. The molecule has 0 bridgehead atoms. The Kier molecular flexibility index (Phi) is 5.99. The third-order valence-electron chi connectivity index (χ3n) is 4.51. The third kappa shape index (κ3) is 3.75. The first-order valence-corrected chi connectivity index (χ1v) is 8.11. The van der Waals surface area contributed by atoms with Gasteiger partial charge in [0.25, 0.3) is 0 Å². The Bertz CT molecular complexity index is 465. The van der Waals surface area contributed by atoms with E-state index in [4.69, 9.17) is 17.3 Å². The Morgan fingerprint density at radius 3 is 2.71 bits per heavy atom. The summed E-state index contributed by atoms with van der Waals surface area (Å²) in [6.07, 6.45) is 1.15. The fourth-order valence-corrected chi connectivity index (χ4v) is 3.63. The molecule has 0 aromatic heterocycles. The summed E-state index contributed by atoms with van der Waals surface area (Å²) in [6.45, 7) is 9.04. The molecule has 0 aliphatic carbocycles. The first-order chi connectivity index (χ1) is 10.1. The second-order valence-electron chi connectivity index (χ2n) is 5.58. The minimum Gasteiger partial charge on any atom is -0.329 e. The van der Waals surface area contributed by atoms with Gasteiger partial charge in [0.1, 0.15) is 5.82 Å². The molecular weight excluding hydrogens is 289 g/mol. The smallest absolute Gasteiger partial charge is 0.124 e. The topological polar surface area (TPSA) is 32.5 Å². The van der Waals surface area contributed by atoms with E-state index in [-0.39, 0.29) is 11.9 Å². The predicted molar refractivity (Wildman–Crippen MR) is 86.1 cm³/mol. The molecule has 0 amide bonds. The number of likely N-dealkylation sites (tertiary alicyclic amines) is 1. The van der Waals surface area contributed by atoms with Crippen LogP contribution in [0.3, 0.4) is 0 Å². The number of likely N-dealkylation sites (N-methyl/N-ethyl adjacent to an activating group) is 1. The number of nitrogens with two attached hydrogens (primary N) is 1. The zero-order valence-electron chi connectivity index (χ0n) is 12.9. The van der Waals surface area contributed by atoms with E-state index >= 15 is 0 Å². The van der Waals surface area contributed by atoms with E-state index in [1.807, 2.05) is 0 Å². The maximum absolute atomic E-state index is 13.2. The van der Waals surface area contributed by atoms with Gasteiger partial charge in [-0.25, -0.2) is 4.39 Å². The van der Waals surface area contributed by atoms with Crippen LogP contribution < -0.4 is 5.73 Å². The average Bonchev–Trinajstić information content (AvgIpc) is 2.93. The summed E-state index contributed by atoms with van der Waals surface area (Å²) in [5, 5.41) is 0.469. The van der Waals surface area contributed by atoms with Crippen molar-refractivity contribution in [2.24, 2.45) is 5.73 Å². The molecule has 2 rings (SSSR count). The number of hydrogen-bond acceptors (Lipinski definition) is 3. The first-order valence-electron chi connectivity index (χ1n) is 7.73. The summed E-state index contributed by atoms with van der Waals surface area (Å²) in [7, 11) is 0. The lowest BCUT2D eigenvalue weighted by atomic mass is 10.1. The Hall–Kier alpha value is -0.680. The van der Waals surface area contributed by atoms with Gasteiger partial charge in [0.05, 0.1) is 0 Å². The van der Waals surface area contributed by atoms with Gasteiger partial charge in [0.2, 0.25) is 0 Å². The number of hydrogen-bond donors (Lipinski definition) is 1. The predicted octanol–water partition coefficient (Wildman–Crippen LogP) is 2.90. The highest BCUT2D eigenvalue weighted by Gasteiger charge is 2.31. The van der Waals surface area contributed by atoms with Crippen LogP contribution in [-0.4, -0.2) is 48.6 Å². The molecule has 1 saturated heterocycles. The number of rotatable bonds is 6. The Labute approximate surface area is 131 Å². The van der Waals surface area contributed by atoms with Crippen LogP contribution in [0.4, 0.5) is 4.39 Å². The van der Waals surface area contributed by atoms with Crippen molar-refractivity contribution in [2.45, 2.75) is 32.4 Å². The lowest BCUT2D eigenvalue weighted by molar-refractivity contribution is 0.190. The second kappa shape index (κ2) is 7.54. The largest absolute Gasteiger partial charge is 0.329 e.